The molecule has 3 heteroatoms. The number of halogens is 1. The van der Waals surface area contributed by atoms with Gasteiger partial charge in [-0.1, -0.05) is 26.0 Å². The number of nitrogens with one attached hydrogen (secondary N) is 1. The van der Waals surface area contributed by atoms with E-state index in [1.807, 2.05) is 26.0 Å². The minimum absolute atomic E-state index is 0.0510. The summed E-state index contributed by atoms with van der Waals surface area (Å²) in [5.41, 5.74) is 1.19. The van der Waals surface area contributed by atoms with Gasteiger partial charge in [-0.05, 0) is 43.4 Å². The highest BCUT2D eigenvalue weighted by Gasteiger charge is 2.44. The van der Waals surface area contributed by atoms with Crippen LogP contribution in [0.15, 0.2) is 24.3 Å². The third kappa shape index (κ3) is 3.14. The number of rotatable bonds is 6. The van der Waals surface area contributed by atoms with Crippen LogP contribution in [0.4, 0.5) is 4.39 Å². The summed E-state index contributed by atoms with van der Waals surface area (Å²) >= 11 is 0. The molecular formula is C16H22FNO. The number of amides is 1. The Balaban J connectivity index is 1.95. The molecule has 1 amide bonds. The molecule has 1 aromatic rings. The largest absolute Gasteiger partial charge is 0.355 e. The van der Waals surface area contributed by atoms with E-state index >= 15 is 0 Å². The summed E-state index contributed by atoms with van der Waals surface area (Å²) in [5, 5.41) is 3.07. The summed E-state index contributed by atoms with van der Waals surface area (Å²) < 4.78 is 12.9. The molecule has 1 aromatic carbocycles. The molecule has 2 nitrogen and oxygen atoms in total. The number of carbonyl (C=O) groups is 1. The zero-order valence-corrected chi connectivity index (χ0v) is 11.7. The summed E-state index contributed by atoms with van der Waals surface area (Å²) in [6.07, 6.45) is 3.90. The lowest BCUT2D eigenvalue weighted by Crippen LogP contribution is -2.36. The van der Waals surface area contributed by atoms with Crippen LogP contribution in [0.2, 0.25) is 0 Å². The molecule has 0 spiro atoms. The van der Waals surface area contributed by atoms with Gasteiger partial charge in [-0.3, -0.25) is 4.79 Å². The maximum absolute atomic E-state index is 12.9. The average molecular weight is 263 g/mol. The maximum Gasteiger partial charge on any atom is 0.223 e. The van der Waals surface area contributed by atoms with E-state index in [0.29, 0.717) is 6.54 Å². The van der Waals surface area contributed by atoms with Crippen molar-refractivity contribution in [2.45, 2.75) is 44.9 Å². The highest BCUT2D eigenvalue weighted by molar-refractivity contribution is 5.78. The third-order valence-corrected chi connectivity index (χ3v) is 4.27. The zero-order valence-electron chi connectivity index (χ0n) is 11.7. The van der Waals surface area contributed by atoms with E-state index in [-0.39, 0.29) is 23.1 Å². The first-order chi connectivity index (χ1) is 9.11. The molecule has 1 fully saturated rings. The Morgan fingerprint density at radius 1 is 1.26 bits per heavy atom. The molecule has 0 saturated heterocycles. The van der Waals surface area contributed by atoms with Crippen LogP contribution in [0.5, 0.6) is 0 Å². The van der Waals surface area contributed by atoms with E-state index < -0.39 is 0 Å². The first kappa shape index (κ1) is 14.0. The third-order valence-electron chi connectivity index (χ3n) is 4.27. The molecule has 19 heavy (non-hydrogen) atoms. The molecular weight excluding hydrogens is 241 g/mol. The second kappa shape index (κ2) is 5.72. The predicted molar refractivity (Wildman–Crippen MR) is 74.4 cm³/mol. The molecule has 2 rings (SSSR count). The smallest absolute Gasteiger partial charge is 0.223 e. The quantitative estimate of drug-likeness (QED) is 0.837. The number of benzene rings is 1. The fourth-order valence-corrected chi connectivity index (χ4v) is 2.58. The Kier molecular flexibility index (Phi) is 4.23. The second-order valence-corrected chi connectivity index (χ2v) is 5.52. The molecule has 1 saturated carbocycles. The molecule has 0 bridgehead atoms. The van der Waals surface area contributed by atoms with E-state index in [2.05, 4.69) is 5.32 Å². The molecule has 0 heterocycles. The molecule has 1 N–H and O–H groups in total. The molecule has 0 aliphatic heterocycles. The monoisotopic (exact) mass is 263 g/mol. The normalized spacial score (nSPS) is 16.4. The number of hydrogen-bond donors (Lipinski definition) is 1. The minimum atomic E-state index is -0.208. The highest BCUT2D eigenvalue weighted by Crippen LogP contribution is 2.47. The van der Waals surface area contributed by atoms with Crippen LogP contribution in [0.25, 0.3) is 0 Å². The molecule has 104 valence electrons. The van der Waals surface area contributed by atoms with E-state index in [0.717, 1.165) is 31.2 Å². The average Bonchev–Trinajstić information content (AvgIpc) is 3.20. The van der Waals surface area contributed by atoms with E-state index in [1.54, 1.807) is 0 Å². The van der Waals surface area contributed by atoms with Gasteiger partial charge in [-0.25, -0.2) is 4.39 Å². The topological polar surface area (TPSA) is 29.1 Å². The minimum Gasteiger partial charge on any atom is -0.355 e. The number of carbonyl (C=O) groups excluding carboxylic acids is 1. The Bertz CT molecular complexity index is 433. The first-order valence-corrected chi connectivity index (χ1v) is 7.15. The fraction of sp³-hybridized carbons (Fsp3) is 0.562. The lowest BCUT2D eigenvalue weighted by Gasteiger charge is -2.19. The van der Waals surface area contributed by atoms with Gasteiger partial charge in [0.05, 0.1) is 0 Å². The van der Waals surface area contributed by atoms with Gasteiger partial charge < -0.3 is 5.32 Å². The van der Waals surface area contributed by atoms with Crippen molar-refractivity contribution >= 4 is 5.91 Å². The summed E-state index contributed by atoms with van der Waals surface area (Å²) in [4.78, 5) is 12.0. The van der Waals surface area contributed by atoms with Crippen molar-refractivity contribution in [1.29, 1.82) is 0 Å². The van der Waals surface area contributed by atoms with Crippen molar-refractivity contribution in [2.24, 2.45) is 5.92 Å². The van der Waals surface area contributed by atoms with Gasteiger partial charge >= 0.3 is 0 Å². The van der Waals surface area contributed by atoms with Crippen LogP contribution in [0, 0.1) is 11.7 Å². The van der Waals surface area contributed by atoms with Crippen LogP contribution >= 0.6 is 0 Å². The molecule has 0 radical (unpaired) electrons. The van der Waals surface area contributed by atoms with E-state index in [1.165, 1.54) is 12.1 Å². The molecule has 1 aliphatic rings. The van der Waals surface area contributed by atoms with Crippen molar-refractivity contribution in [3.05, 3.63) is 35.6 Å². The van der Waals surface area contributed by atoms with Crippen LogP contribution in [0.1, 0.15) is 45.1 Å². The van der Waals surface area contributed by atoms with Crippen molar-refractivity contribution in [3.63, 3.8) is 0 Å². The summed E-state index contributed by atoms with van der Waals surface area (Å²) in [5.74, 6) is 0.0584. The highest BCUT2D eigenvalue weighted by atomic mass is 19.1. The van der Waals surface area contributed by atoms with Gasteiger partial charge in [0, 0.05) is 17.9 Å². The van der Waals surface area contributed by atoms with Gasteiger partial charge in [-0.2, -0.15) is 0 Å². The Hall–Kier alpha value is -1.38. The Morgan fingerprint density at radius 2 is 1.84 bits per heavy atom. The lowest BCUT2D eigenvalue weighted by molar-refractivity contribution is -0.125. The van der Waals surface area contributed by atoms with Gasteiger partial charge in [0.2, 0.25) is 5.91 Å². The molecule has 1 aliphatic carbocycles. The Labute approximate surface area is 114 Å². The summed E-state index contributed by atoms with van der Waals surface area (Å²) in [7, 11) is 0. The van der Waals surface area contributed by atoms with Gasteiger partial charge in [-0.15, -0.1) is 0 Å². The number of hydrogen-bond acceptors (Lipinski definition) is 1. The van der Waals surface area contributed by atoms with Crippen LogP contribution < -0.4 is 5.32 Å². The first-order valence-electron chi connectivity index (χ1n) is 7.15. The standard InChI is InChI=1S/C16H22FNO/c1-3-12(4-2)15(19)18-11-16(9-10-16)13-5-7-14(17)8-6-13/h5-8,12H,3-4,9-11H2,1-2H3,(H,18,19). The fourth-order valence-electron chi connectivity index (χ4n) is 2.58. The van der Waals surface area contributed by atoms with Crippen LogP contribution in [-0.2, 0) is 10.2 Å². The summed E-state index contributed by atoms with van der Waals surface area (Å²) in [6.45, 7) is 4.76. The van der Waals surface area contributed by atoms with Crippen molar-refractivity contribution in [1.82, 2.24) is 5.32 Å². The van der Waals surface area contributed by atoms with Crippen molar-refractivity contribution in [2.75, 3.05) is 6.54 Å². The SMILES string of the molecule is CCC(CC)C(=O)NCC1(c2ccc(F)cc2)CC1. The second-order valence-electron chi connectivity index (χ2n) is 5.52. The predicted octanol–water partition coefficient (Wildman–Crippen LogP) is 3.41. The van der Waals surface area contributed by atoms with Gasteiger partial charge in [0.1, 0.15) is 5.82 Å². The maximum atomic E-state index is 12.9. The van der Waals surface area contributed by atoms with Crippen LogP contribution in [0.3, 0.4) is 0 Å². The molecule has 0 atom stereocenters. The molecule has 0 aromatic heterocycles. The van der Waals surface area contributed by atoms with Crippen molar-refractivity contribution in [3.8, 4) is 0 Å². The zero-order chi connectivity index (χ0) is 13.9. The van der Waals surface area contributed by atoms with Crippen LogP contribution in [-0.4, -0.2) is 12.5 Å². The molecule has 0 unspecified atom stereocenters. The van der Waals surface area contributed by atoms with E-state index in [9.17, 15) is 9.18 Å². The van der Waals surface area contributed by atoms with E-state index in [4.69, 9.17) is 0 Å². The van der Waals surface area contributed by atoms with Crippen molar-refractivity contribution < 1.29 is 9.18 Å². The summed E-state index contributed by atoms with van der Waals surface area (Å²) in [6, 6.07) is 6.67. The van der Waals surface area contributed by atoms with Gasteiger partial charge in [0.15, 0.2) is 0 Å². The lowest BCUT2D eigenvalue weighted by atomic mass is 9.95. The van der Waals surface area contributed by atoms with Gasteiger partial charge in [0.25, 0.3) is 0 Å². The Morgan fingerprint density at radius 3 is 2.32 bits per heavy atom.